The summed E-state index contributed by atoms with van der Waals surface area (Å²) in [4.78, 5) is 4.52. The van der Waals surface area contributed by atoms with Gasteiger partial charge in [-0.1, -0.05) is 0 Å². The highest BCUT2D eigenvalue weighted by atomic mass is 32.1. The Morgan fingerprint density at radius 1 is 1.39 bits per heavy atom. The molecule has 6 heteroatoms. The molecule has 96 valence electrons. The predicted molar refractivity (Wildman–Crippen MR) is 71.9 cm³/mol. The summed E-state index contributed by atoms with van der Waals surface area (Å²) in [5.41, 5.74) is 3.53. The lowest BCUT2D eigenvalue weighted by Crippen LogP contribution is -2.02. The van der Waals surface area contributed by atoms with Gasteiger partial charge in [-0.25, -0.2) is 4.98 Å². The van der Waals surface area contributed by atoms with Crippen molar-refractivity contribution in [1.29, 1.82) is 0 Å². The van der Waals surface area contributed by atoms with E-state index in [1.807, 2.05) is 18.7 Å². The largest absolute Gasteiger partial charge is 0.356 e. The normalized spacial score (nSPS) is 15.1. The number of aromatic nitrogens is 4. The Bertz CT molecular complexity index is 567. The summed E-state index contributed by atoms with van der Waals surface area (Å²) in [5, 5.41) is 8.68. The van der Waals surface area contributed by atoms with E-state index in [2.05, 4.69) is 26.7 Å². The Balaban J connectivity index is 1.69. The molecule has 2 aromatic heterocycles. The molecule has 3 rings (SSSR count). The summed E-state index contributed by atoms with van der Waals surface area (Å²) in [6.07, 6.45) is 2.49. The number of hydrogen-bond donors (Lipinski definition) is 1. The van der Waals surface area contributed by atoms with E-state index >= 15 is 0 Å². The summed E-state index contributed by atoms with van der Waals surface area (Å²) >= 11 is 1.46. The summed E-state index contributed by atoms with van der Waals surface area (Å²) in [6, 6.07) is 0. The number of nitrogens with zero attached hydrogens (tertiary/aromatic N) is 4. The lowest BCUT2D eigenvalue weighted by Gasteiger charge is -2.02. The van der Waals surface area contributed by atoms with Crippen molar-refractivity contribution in [3.8, 4) is 0 Å². The highest BCUT2D eigenvalue weighted by Gasteiger charge is 2.27. The molecule has 2 aromatic rings. The molecule has 0 bridgehead atoms. The van der Waals surface area contributed by atoms with E-state index in [0.29, 0.717) is 5.92 Å². The van der Waals surface area contributed by atoms with Crippen molar-refractivity contribution >= 4 is 16.7 Å². The predicted octanol–water partition coefficient (Wildman–Crippen LogP) is 2.38. The van der Waals surface area contributed by atoms with Gasteiger partial charge in [0.1, 0.15) is 5.82 Å². The van der Waals surface area contributed by atoms with E-state index in [9.17, 15) is 0 Å². The minimum absolute atomic E-state index is 0.624. The molecule has 0 spiro atoms. The van der Waals surface area contributed by atoms with Crippen LogP contribution < -0.4 is 5.32 Å². The summed E-state index contributed by atoms with van der Waals surface area (Å²) in [7, 11) is 1.97. The van der Waals surface area contributed by atoms with Gasteiger partial charge < -0.3 is 5.32 Å². The Morgan fingerprint density at radius 3 is 2.78 bits per heavy atom. The van der Waals surface area contributed by atoms with Crippen LogP contribution in [-0.2, 0) is 13.6 Å². The topological polar surface area (TPSA) is 55.6 Å². The van der Waals surface area contributed by atoms with Gasteiger partial charge in [-0.3, -0.25) is 4.68 Å². The SMILES string of the molecule is Cc1nn(C)c(C)c1CNc1nc(C2CC2)ns1. The highest BCUT2D eigenvalue weighted by molar-refractivity contribution is 7.09. The van der Waals surface area contributed by atoms with E-state index in [4.69, 9.17) is 0 Å². The second kappa shape index (κ2) is 4.35. The van der Waals surface area contributed by atoms with Crippen LogP contribution in [0.2, 0.25) is 0 Å². The molecule has 1 N–H and O–H groups in total. The van der Waals surface area contributed by atoms with Crippen LogP contribution in [0.3, 0.4) is 0 Å². The molecule has 18 heavy (non-hydrogen) atoms. The Morgan fingerprint density at radius 2 is 2.17 bits per heavy atom. The number of anilines is 1. The first-order valence-electron chi connectivity index (χ1n) is 6.21. The molecule has 1 aliphatic rings. The van der Waals surface area contributed by atoms with E-state index in [0.717, 1.165) is 23.2 Å². The molecule has 0 atom stereocenters. The quantitative estimate of drug-likeness (QED) is 0.920. The zero-order chi connectivity index (χ0) is 12.7. The monoisotopic (exact) mass is 263 g/mol. The second-order valence-electron chi connectivity index (χ2n) is 4.86. The lowest BCUT2D eigenvalue weighted by molar-refractivity contribution is 0.730. The van der Waals surface area contributed by atoms with Gasteiger partial charge in [-0.05, 0) is 26.7 Å². The fourth-order valence-corrected chi connectivity index (χ4v) is 2.69. The number of nitrogens with one attached hydrogen (secondary N) is 1. The van der Waals surface area contributed by atoms with Crippen molar-refractivity contribution in [2.24, 2.45) is 7.05 Å². The first-order chi connectivity index (χ1) is 8.65. The average Bonchev–Trinajstić information content (AvgIpc) is 3.03. The molecule has 0 radical (unpaired) electrons. The second-order valence-corrected chi connectivity index (χ2v) is 5.61. The Kier molecular flexibility index (Phi) is 2.81. The minimum Gasteiger partial charge on any atom is -0.356 e. The van der Waals surface area contributed by atoms with E-state index in [1.165, 1.54) is 35.6 Å². The molecule has 1 aliphatic carbocycles. The van der Waals surface area contributed by atoms with Gasteiger partial charge in [-0.2, -0.15) is 9.47 Å². The van der Waals surface area contributed by atoms with Gasteiger partial charge in [0, 0.05) is 42.3 Å². The first kappa shape index (κ1) is 11.6. The van der Waals surface area contributed by atoms with Crippen molar-refractivity contribution in [1.82, 2.24) is 19.1 Å². The van der Waals surface area contributed by atoms with Crippen LogP contribution in [0.15, 0.2) is 0 Å². The van der Waals surface area contributed by atoms with Crippen molar-refractivity contribution < 1.29 is 0 Å². The molecule has 1 fully saturated rings. The molecule has 2 heterocycles. The molecular formula is C12H17N5S. The van der Waals surface area contributed by atoms with Crippen LogP contribution in [0.25, 0.3) is 0 Å². The maximum absolute atomic E-state index is 4.52. The number of rotatable bonds is 4. The van der Waals surface area contributed by atoms with Gasteiger partial charge in [0.25, 0.3) is 0 Å². The molecule has 0 saturated heterocycles. The van der Waals surface area contributed by atoms with Crippen LogP contribution >= 0.6 is 11.5 Å². The zero-order valence-corrected chi connectivity index (χ0v) is 11.7. The smallest absolute Gasteiger partial charge is 0.202 e. The van der Waals surface area contributed by atoms with E-state index in [1.54, 1.807) is 0 Å². The number of hydrogen-bond acceptors (Lipinski definition) is 5. The van der Waals surface area contributed by atoms with Gasteiger partial charge >= 0.3 is 0 Å². The highest BCUT2D eigenvalue weighted by Crippen LogP contribution is 2.39. The third-order valence-corrected chi connectivity index (χ3v) is 4.15. The summed E-state index contributed by atoms with van der Waals surface area (Å²) in [6.45, 7) is 4.90. The number of aryl methyl sites for hydroxylation is 2. The van der Waals surface area contributed by atoms with E-state index < -0.39 is 0 Å². The molecule has 1 saturated carbocycles. The summed E-state index contributed by atoms with van der Waals surface area (Å²) in [5.74, 6) is 1.64. The Hall–Kier alpha value is -1.43. The molecular weight excluding hydrogens is 246 g/mol. The third kappa shape index (κ3) is 2.12. The van der Waals surface area contributed by atoms with Crippen molar-refractivity contribution in [2.75, 3.05) is 5.32 Å². The van der Waals surface area contributed by atoms with Crippen LogP contribution in [0.1, 0.15) is 41.5 Å². The first-order valence-corrected chi connectivity index (χ1v) is 6.99. The summed E-state index contributed by atoms with van der Waals surface area (Å²) < 4.78 is 6.31. The van der Waals surface area contributed by atoms with Crippen molar-refractivity contribution in [3.63, 3.8) is 0 Å². The fourth-order valence-electron chi connectivity index (χ4n) is 2.05. The maximum atomic E-state index is 4.52. The zero-order valence-electron chi connectivity index (χ0n) is 10.9. The molecule has 0 amide bonds. The van der Waals surface area contributed by atoms with E-state index in [-0.39, 0.29) is 0 Å². The van der Waals surface area contributed by atoms with Gasteiger partial charge in [-0.15, -0.1) is 0 Å². The van der Waals surface area contributed by atoms with Crippen LogP contribution in [0.4, 0.5) is 5.13 Å². The van der Waals surface area contributed by atoms with Crippen LogP contribution in [0.5, 0.6) is 0 Å². The third-order valence-electron chi connectivity index (χ3n) is 3.46. The Labute approximate surface area is 110 Å². The average molecular weight is 263 g/mol. The molecule has 0 unspecified atom stereocenters. The van der Waals surface area contributed by atoms with Gasteiger partial charge in [0.05, 0.1) is 5.69 Å². The van der Waals surface area contributed by atoms with Crippen molar-refractivity contribution in [2.45, 2.75) is 39.2 Å². The molecule has 0 aromatic carbocycles. The fraction of sp³-hybridized carbons (Fsp3) is 0.583. The van der Waals surface area contributed by atoms with Crippen molar-refractivity contribution in [3.05, 3.63) is 22.8 Å². The van der Waals surface area contributed by atoms with Gasteiger partial charge in [0.2, 0.25) is 5.13 Å². The maximum Gasteiger partial charge on any atom is 0.202 e. The van der Waals surface area contributed by atoms with Crippen LogP contribution in [-0.4, -0.2) is 19.1 Å². The molecule has 5 nitrogen and oxygen atoms in total. The lowest BCUT2D eigenvalue weighted by atomic mass is 10.2. The minimum atomic E-state index is 0.624. The standard InChI is InChI=1S/C12H17N5S/c1-7-10(8(2)17(3)15-7)6-13-12-14-11(16-18-12)9-4-5-9/h9H,4-6H2,1-3H3,(H,13,14,16). The molecule has 0 aliphatic heterocycles. The van der Waals surface area contributed by atoms with Crippen LogP contribution in [0, 0.1) is 13.8 Å². The van der Waals surface area contributed by atoms with Gasteiger partial charge in [0.15, 0.2) is 0 Å².